The zero-order valence-corrected chi connectivity index (χ0v) is 13.9. The molecule has 1 atom stereocenters. The number of nitrogens with zero attached hydrogens (tertiary/aromatic N) is 4. The molecular formula is C17H14FN5OS. The van der Waals surface area contributed by atoms with Crippen molar-refractivity contribution >= 4 is 23.1 Å². The Hall–Kier alpha value is -2.87. The van der Waals surface area contributed by atoms with Crippen molar-refractivity contribution in [3.8, 4) is 0 Å². The first-order valence-electron chi connectivity index (χ1n) is 7.70. The summed E-state index contributed by atoms with van der Waals surface area (Å²) >= 11 is 1.33. The number of carbonyl (C=O) groups excluding carboxylic acids is 1. The van der Waals surface area contributed by atoms with E-state index in [1.165, 1.54) is 17.5 Å². The summed E-state index contributed by atoms with van der Waals surface area (Å²) in [4.78, 5) is 26.7. The zero-order valence-electron chi connectivity index (χ0n) is 13.1. The van der Waals surface area contributed by atoms with E-state index in [2.05, 4.69) is 20.3 Å². The topological polar surface area (TPSA) is 71.0 Å². The molecule has 1 amide bonds. The summed E-state index contributed by atoms with van der Waals surface area (Å²) in [6.45, 7) is 1.02. The van der Waals surface area contributed by atoms with E-state index in [1.807, 2.05) is 24.3 Å². The number of hydrogen-bond acceptors (Lipinski definition) is 6. The number of thiazole rings is 1. The van der Waals surface area contributed by atoms with Crippen LogP contribution in [0.4, 0.5) is 10.2 Å². The smallest absolute Gasteiger partial charge is 0.265 e. The third-order valence-corrected chi connectivity index (χ3v) is 4.83. The maximum atomic E-state index is 13.0. The first-order valence-corrected chi connectivity index (χ1v) is 8.58. The van der Waals surface area contributed by atoms with Crippen LogP contribution in [-0.2, 0) is 6.54 Å². The van der Waals surface area contributed by atoms with Gasteiger partial charge in [0.1, 0.15) is 10.7 Å². The van der Waals surface area contributed by atoms with Crippen LogP contribution in [0, 0.1) is 5.95 Å². The van der Waals surface area contributed by atoms with E-state index in [0.29, 0.717) is 23.8 Å². The lowest BCUT2D eigenvalue weighted by atomic mass is 9.95. The first-order chi connectivity index (χ1) is 12.2. The van der Waals surface area contributed by atoms with Crippen molar-refractivity contribution < 1.29 is 9.18 Å². The summed E-state index contributed by atoms with van der Waals surface area (Å²) in [5, 5.41) is 3.25. The van der Waals surface area contributed by atoms with Gasteiger partial charge in [0.15, 0.2) is 0 Å². The SMILES string of the molecule is O=C(c1cncs1)N1Cc2ccccc2C(Nc2cnc(F)cn2)C1. The molecule has 1 unspecified atom stereocenters. The van der Waals surface area contributed by atoms with Crippen molar-refractivity contribution in [1.82, 2.24) is 19.9 Å². The quantitative estimate of drug-likeness (QED) is 0.782. The Kier molecular flexibility index (Phi) is 4.10. The highest BCUT2D eigenvalue weighted by Gasteiger charge is 2.29. The number of aromatic nitrogens is 3. The molecule has 126 valence electrons. The Morgan fingerprint density at radius 2 is 2.12 bits per heavy atom. The van der Waals surface area contributed by atoms with Gasteiger partial charge in [-0.05, 0) is 11.1 Å². The number of halogens is 1. The minimum Gasteiger partial charge on any atom is -0.360 e. The van der Waals surface area contributed by atoms with E-state index >= 15 is 0 Å². The van der Waals surface area contributed by atoms with Gasteiger partial charge < -0.3 is 10.2 Å². The maximum Gasteiger partial charge on any atom is 0.265 e. The van der Waals surface area contributed by atoms with Crippen molar-refractivity contribution in [3.63, 3.8) is 0 Å². The highest BCUT2D eigenvalue weighted by molar-refractivity contribution is 7.11. The molecule has 0 radical (unpaired) electrons. The van der Waals surface area contributed by atoms with Crippen molar-refractivity contribution in [3.05, 3.63) is 70.3 Å². The van der Waals surface area contributed by atoms with Crippen LogP contribution in [0.15, 0.2) is 48.4 Å². The normalized spacial score (nSPS) is 16.4. The van der Waals surface area contributed by atoms with E-state index < -0.39 is 5.95 Å². The van der Waals surface area contributed by atoms with Crippen molar-refractivity contribution in [2.75, 3.05) is 11.9 Å². The van der Waals surface area contributed by atoms with Crippen LogP contribution in [0.2, 0.25) is 0 Å². The molecular weight excluding hydrogens is 341 g/mol. The number of hydrogen-bond donors (Lipinski definition) is 1. The highest BCUT2D eigenvalue weighted by Crippen LogP contribution is 2.30. The molecule has 1 aliphatic rings. The Labute approximate surface area is 147 Å². The first kappa shape index (κ1) is 15.6. The molecule has 8 heteroatoms. The third kappa shape index (κ3) is 3.20. The van der Waals surface area contributed by atoms with Gasteiger partial charge in [0.25, 0.3) is 5.91 Å². The lowest BCUT2D eigenvalue weighted by Crippen LogP contribution is -2.40. The van der Waals surface area contributed by atoms with Crippen LogP contribution in [0.25, 0.3) is 0 Å². The molecule has 0 saturated heterocycles. The molecule has 1 aliphatic heterocycles. The molecule has 2 aromatic heterocycles. The Morgan fingerprint density at radius 3 is 2.88 bits per heavy atom. The molecule has 0 saturated carbocycles. The van der Waals surface area contributed by atoms with Gasteiger partial charge in [0.2, 0.25) is 5.95 Å². The van der Waals surface area contributed by atoms with Crippen molar-refractivity contribution in [2.45, 2.75) is 12.6 Å². The molecule has 3 heterocycles. The lowest BCUT2D eigenvalue weighted by Gasteiger charge is -2.35. The molecule has 0 bridgehead atoms. The summed E-state index contributed by atoms with van der Waals surface area (Å²) in [6.07, 6.45) is 4.00. The fourth-order valence-corrected chi connectivity index (χ4v) is 3.51. The number of fused-ring (bicyclic) bond motifs is 1. The van der Waals surface area contributed by atoms with E-state index in [1.54, 1.807) is 16.6 Å². The summed E-state index contributed by atoms with van der Waals surface area (Å²) < 4.78 is 13.0. The second kappa shape index (κ2) is 6.56. The summed E-state index contributed by atoms with van der Waals surface area (Å²) in [6, 6.07) is 7.80. The lowest BCUT2D eigenvalue weighted by molar-refractivity contribution is 0.0727. The molecule has 0 aliphatic carbocycles. The van der Waals surface area contributed by atoms with Crippen molar-refractivity contribution in [1.29, 1.82) is 0 Å². The minimum absolute atomic E-state index is 0.0472. The Bertz CT molecular complexity index is 884. The second-order valence-corrected chi connectivity index (χ2v) is 6.56. The van der Waals surface area contributed by atoms with Gasteiger partial charge in [-0.1, -0.05) is 24.3 Å². The number of benzene rings is 1. The number of nitrogens with one attached hydrogen (secondary N) is 1. The van der Waals surface area contributed by atoms with Crippen molar-refractivity contribution in [2.24, 2.45) is 0 Å². The predicted octanol–water partition coefficient (Wildman–Crippen LogP) is 2.88. The summed E-state index contributed by atoms with van der Waals surface area (Å²) in [5.74, 6) is -0.209. The standard InChI is InChI=1S/C17H14FN5OS/c18-15-6-21-16(7-20-15)22-13-9-23(17(24)14-5-19-10-25-14)8-11-3-1-2-4-12(11)13/h1-7,10,13H,8-9H2,(H,21,22). The molecule has 3 aromatic rings. The van der Waals surface area contributed by atoms with E-state index in [0.717, 1.165) is 17.3 Å². The highest BCUT2D eigenvalue weighted by atomic mass is 32.1. The molecule has 1 aromatic carbocycles. The summed E-state index contributed by atoms with van der Waals surface area (Å²) in [7, 11) is 0. The van der Waals surface area contributed by atoms with E-state index in [9.17, 15) is 9.18 Å². The average molecular weight is 355 g/mol. The van der Waals surface area contributed by atoms with Crippen LogP contribution < -0.4 is 5.32 Å². The van der Waals surface area contributed by atoms with Gasteiger partial charge in [-0.25, -0.2) is 9.97 Å². The van der Waals surface area contributed by atoms with Crippen LogP contribution in [-0.4, -0.2) is 32.3 Å². The van der Waals surface area contributed by atoms with Gasteiger partial charge in [0, 0.05) is 13.1 Å². The summed E-state index contributed by atoms with van der Waals surface area (Å²) in [5.41, 5.74) is 3.82. The van der Waals surface area contributed by atoms with Crippen LogP contribution in [0.3, 0.4) is 0 Å². The van der Waals surface area contributed by atoms with Gasteiger partial charge in [-0.3, -0.25) is 9.78 Å². The molecule has 0 spiro atoms. The second-order valence-electron chi connectivity index (χ2n) is 5.67. The predicted molar refractivity (Wildman–Crippen MR) is 91.7 cm³/mol. The van der Waals surface area contributed by atoms with Crippen LogP contribution in [0.5, 0.6) is 0 Å². The van der Waals surface area contributed by atoms with Crippen LogP contribution >= 0.6 is 11.3 Å². The zero-order chi connectivity index (χ0) is 17.2. The van der Waals surface area contributed by atoms with E-state index in [-0.39, 0.29) is 11.9 Å². The monoisotopic (exact) mass is 355 g/mol. The Balaban J connectivity index is 1.62. The van der Waals surface area contributed by atoms with Gasteiger partial charge in [-0.15, -0.1) is 11.3 Å². The fourth-order valence-electron chi connectivity index (χ4n) is 2.93. The van der Waals surface area contributed by atoms with Gasteiger partial charge >= 0.3 is 0 Å². The average Bonchev–Trinajstić information content (AvgIpc) is 3.17. The van der Waals surface area contributed by atoms with Crippen LogP contribution in [0.1, 0.15) is 26.8 Å². The molecule has 1 N–H and O–H groups in total. The minimum atomic E-state index is -0.628. The Morgan fingerprint density at radius 1 is 1.24 bits per heavy atom. The number of rotatable bonds is 3. The number of carbonyl (C=O) groups is 1. The number of amides is 1. The maximum absolute atomic E-state index is 13.0. The van der Waals surface area contributed by atoms with Gasteiger partial charge in [0.05, 0.1) is 30.1 Å². The molecule has 4 rings (SSSR count). The van der Waals surface area contributed by atoms with Gasteiger partial charge in [-0.2, -0.15) is 4.39 Å². The van der Waals surface area contributed by atoms with E-state index in [4.69, 9.17) is 0 Å². The third-order valence-electron chi connectivity index (χ3n) is 4.07. The molecule has 6 nitrogen and oxygen atoms in total. The number of anilines is 1. The largest absolute Gasteiger partial charge is 0.360 e. The fraction of sp³-hybridized carbons (Fsp3) is 0.176. The molecule has 0 fully saturated rings. The molecule has 25 heavy (non-hydrogen) atoms.